The Bertz CT molecular complexity index is 1430. The summed E-state index contributed by atoms with van der Waals surface area (Å²) in [7, 11) is -3.81. The third kappa shape index (κ3) is 4.40. The lowest BCUT2D eigenvalue weighted by molar-refractivity contribution is -0.127. The minimum absolute atomic E-state index is 0.0961. The number of sulfonamides is 1. The highest BCUT2D eigenvalue weighted by molar-refractivity contribution is 7.89. The fraction of sp³-hybridized carbons (Fsp3) is 0.500. The monoisotopic (exact) mass is 520 g/mol. The normalized spacial score (nSPS) is 27.8. The van der Waals surface area contributed by atoms with Crippen LogP contribution < -0.4 is 5.32 Å². The first-order chi connectivity index (χ1) is 17.6. The Balaban J connectivity index is 1.32. The fourth-order valence-corrected chi connectivity index (χ4v) is 8.40. The standard InChI is InChI=1S/C30H36N2O4S/c1-20-4-8-25(9-5-20)37(34,35)32-19-23-18-30(23,17-21-6-7-22-12-15-36-26(22)16-21)27(32)28(33)31-24-10-13-29(2,3)14-11-24/h4-9,12,15-16,23-24,27H,10-11,13-14,17-19H2,1-3H3,(H,31,33). The molecule has 3 unspecified atom stereocenters. The number of aryl methyl sites for hydroxylation is 1. The Hall–Kier alpha value is -2.64. The molecular weight excluding hydrogens is 484 g/mol. The Labute approximate surface area is 219 Å². The molecule has 3 aromatic rings. The Morgan fingerprint density at radius 1 is 1.08 bits per heavy atom. The summed E-state index contributed by atoms with van der Waals surface area (Å²) >= 11 is 0. The fourth-order valence-electron chi connectivity index (χ4n) is 6.69. The SMILES string of the molecule is Cc1ccc(S(=O)(=O)N2CC3CC3(Cc3ccc4ccoc4c3)C2C(=O)NC2CCC(C)(C)CC2)cc1. The van der Waals surface area contributed by atoms with Crippen LogP contribution in [-0.4, -0.2) is 37.3 Å². The van der Waals surface area contributed by atoms with Crippen molar-refractivity contribution >= 4 is 26.9 Å². The van der Waals surface area contributed by atoms with Gasteiger partial charge in [0.2, 0.25) is 15.9 Å². The minimum Gasteiger partial charge on any atom is -0.464 e. The highest BCUT2D eigenvalue weighted by Gasteiger charge is 2.70. The molecule has 0 spiro atoms. The summed E-state index contributed by atoms with van der Waals surface area (Å²) in [4.78, 5) is 14.2. The minimum atomic E-state index is -3.81. The van der Waals surface area contributed by atoms with E-state index in [9.17, 15) is 13.2 Å². The summed E-state index contributed by atoms with van der Waals surface area (Å²) in [6.07, 6.45) is 7.18. The largest absolute Gasteiger partial charge is 0.464 e. The highest BCUT2D eigenvalue weighted by atomic mass is 32.2. The maximum absolute atomic E-state index is 14.0. The zero-order valence-electron chi connectivity index (χ0n) is 21.9. The van der Waals surface area contributed by atoms with E-state index in [4.69, 9.17) is 4.42 Å². The van der Waals surface area contributed by atoms with Crippen LogP contribution in [0.4, 0.5) is 0 Å². The van der Waals surface area contributed by atoms with Crippen molar-refractivity contribution in [3.63, 3.8) is 0 Å². The number of piperidine rings is 1. The first-order valence-electron chi connectivity index (χ1n) is 13.4. The summed E-state index contributed by atoms with van der Waals surface area (Å²) in [6.45, 7) is 6.87. The van der Waals surface area contributed by atoms with Gasteiger partial charge in [-0.3, -0.25) is 4.79 Å². The number of hydrogen-bond acceptors (Lipinski definition) is 4. The third-order valence-corrected chi connectivity index (χ3v) is 11.0. The molecule has 2 aliphatic carbocycles. The van der Waals surface area contributed by atoms with E-state index < -0.39 is 21.5 Å². The smallest absolute Gasteiger partial charge is 0.243 e. The molecule has 3 aliphatic rings. The summed E-state index contributed by atoms with van der Waals surface area (Å²) in [5.74, 6) is 0.0283. The zero-order valence-corrected chi connectivity index (χ0v) is 22.7. The van der Waals surface area contributed by atoms with Crippen molar-refractivity contribution in [2.45, 2.75) is 76.3 Å². The Morgan fingerprint density at radius 3 is 2.54 bits per heavy atom. The molecule has 6 rings (SSSR count). The van der Waals surface area contributed by atoms with E-state index in [1.807, 2.05) is 37.3 Å². The van der Waals surface area contributed by atoms with E-state index in [0.29, 0.717) is 18.4 Å². The highest BCUT2D eigenvalue weighted by Crippen LogP contribution is 2.64. The van der Waals surface area contributed by atoms with E-state index in [2.05, 4.69) is 25.2 Å². The van der Waals surface area contributed by atoms with E-state index in [0.717, 1.165) is 54.2 Å². The lowest BCUT2D eigenvalue weighted by Crippen LogP contribution is -2.54. The van der Waals surface area contributed by atoms with Gasteiger partial charge in [-0.25, -0.2) is 8.42 Å². The lowest BCUT2D eigenvalue weighted by Gasteiger charge is -2.37. The number of fused-ring (bicyclic) bond motifs is 2. The molecule has 3 atom stereocenters. The molecule has 3 fully saturated rings. The molecule has 196 valence electrons. The molecule has 2 heterocycles. The molecule has 2 saturated carbocycles. The third-order valence-electron chi connectivity index (χ3n) is 9.13. The molecule has 6 nitrogen and oxygen atoms in total. The lowest BCUT2D eigenvalue weighted by atomic mass is 9.75. The molecule has 0 radical (unpaired) electrons. The van der Waals surface area contributed by atoms with E-state index in [1.54, 1.807) is 18.4 Å². The molecule has 2 aromatic carbocycles. The van der Waals surface area contributed by atoms with Gasteiger partial charge in [0.25, 0.3) is 0 Å². The van der Waals surface area contributed by atoms with Gasteiger partial charge in [0.1, 0.15) is 11.6 Å². The number of carbonyl (C=O) groups is 1. The van der Waals surface area contributed by atoms with E-state index in [1.165, 1.54) is 4.31 Å². The van der Waals surface area contributed by atoms with Crippen LogP contribution in [0.25, 0.3) is 11.0 Å². The van der Waals surface area contributed by atoms with Crippen molar-refractivity contribution in [1.82, 2.24) is 9.62 Å². The quantitative estimate of drug-likeness (QED) is 0.469. The number of nitrogens with one attached hydrogen (secondary N) is 1. The van der Waals surface area contributed by atoms with Crippen LogP contribution in [0.3, 0.4) is 0 Å². The first-order valence-corrected chi connectivity index (χ1v) is 14.9. The molecule has 1 N–H and O–H groups in total. The van der Waals surface area contributed by atoms with Crippen LogP contribution in [0, 0.1) is 23.7 Å². The molecule has 1 aliphatic heterocycles. The summed E-state index contributed by atoms with van der Waals surface area (Å²) in [5, 5.41) is 4.33. The predicted molar refractivity (Wildman–Crippen MR) is 143 cm³/mol. The summed E-state index contributed by atoms with van der Waals surface area (Å²) in [6, 6.07) is 14.4. The second-order valence-corrected chi connectivity index (χ2v) is 14.2. The van der Waals surface area contributed by atoms with Crippen molar-refractivity contribution in [1.29, 1.82) is 0 Å². The van der Waals surface area contributed by atoms with Gasteiger partial charge in [-0.05, 0) is 86.6 Å². The van der Waals surface area contributed by atoms with Crippen LogP contribution in [0.15, 0.2) is 64.1 Å². The van der Waals surface area contributed by atoms with Crippen LogP contribution in [0.5, 0.6) is 0 Å². The van der Waals surface area contributed by atoms with Crippen molar-refractivity contribution in [2.24, 2.45) is 16.7 Å². The predicted octanol–water partition coefficient (Wildman–Crippen LogP) is 5.45. The van der Waals surface area contributed by atoms with Crippen LogP contribution in [0.2, 0.25) is 0 Å². The second kappa shape index (κ2) is 8.70. The van der Waals surface area contributed by atoms with E-state index >= 15 is 0 Å². The topological polar surface area (TPSA) is 79.6 Å². The number of carbonyl (C=O) groups excluding carboxylic acids is 1. The Kier molecular flexibility index (Phi) is 5.81. The number of amides is 1. The van der Waals surface area contributed by atoms with Crippen LogP contribution >= 0.6 is 0 Å². The van der Waals surface area contributed by atoms with Gasteiger partial charge in [0.15, 0.2) is 0 Å². The molecular formula is C30H36N2O4S. The van der Waals surface area contributed by atoms with Gasteiger partial charge >= 0.3 is 0 Å². The van der Waals surface area contributed by atoms with Crippen molar-refractivity contribution in [3.8, 4) is 0 Å². The average molecular weight is 521 g/mol. The van der Waals surface area contributed by atoms with Gasteiger partial charge in [-0.2, -0.15) is 4.31 Å². The van der Waals surface area contributed by atoms with Crippen molar-refractivity contribution in [3.05, 3.63) is 65.9 Å². The number of nitrogens with zero attached hydrogens (tertiary/aromatic N) is 1. The molecule has 1 aromatic heterocycles. The number of rotatable bonds is 6. The van der Waals surface area contributed by atoms with Gasteiger partial charge in [0, 0.05) is 23.4 Å². The molecule has 0 bridgehead atoms. The van der Waals surface area contributed by atoms with Crippen molar-refractivity contribution < 1.29 is 17.6 Å². The van der Waals surface area contributed by atoms with Gasteiger partial charge in [-0.15, -0.1) is 0 Å². The average Bonchev–Trinajstić information content (AvgIpc) is 3.18. The van der Waals surface area contributed by atoms with E-state index in [-0.39, 0.29) is 22.8 Å². The molecule has 7 heteroatoms. The number of furan rings is 1. The van der Waals surface area contributed by atoms with Crippen LogP contribution in [0.1, 0.15) is 57.1 Å². The van der Waals surface area contributed by atoms with Gasteiger partial charge in [-0.1, -0.05) is 43.7 Å². The van der Waals surface area contributed by atoms with Crippen molar-refractivity contribution in [2.75, 3.05) is 6.54 Å². The first kappa shape index (κ1) is 24.7. The Morgan fingerprint density at radius 2 is 1.81 bits per heavy atom. The maximum Gasteiger partial charge on any atom is 0.243 e. The van der Waals surface area contributed by atoms with Gasteiger partial charge in [0.05, 0.1) is 11.2 Å². The molecule has 37 heavy (non-hydrogen) atoms. The van der Waals surface area contributed by atoms with Crippen LogP contribution in [-0.2, 0) is 21.2 Å². The summed E-state index contributed by atoms with van der Waals surface area (Å²) < 4.78 is 34.9. The number of benzene rings is 2. The molecule has 1 amide bonds. The summed E-state index contributed by atoms with van der Waals surface area (Å²) in [5.41, 5.74) is 2.80. The molecule has 1 saturated heterocycles. The van der Waals surface area contributed by atoms with Gasteiger partial charge < -0.3 is 9.73 Å². The maximum atomic E-state index is 14.0. The second-order valence-electron chi connectivity index (χ2n) is 12.3. The zero-order chi connectivity index (χ0) is 26.0. The number of hydrogen-bond donors (Lipinski definition) is 1.